The van der Waals surface area contributed by atoms with Gasteiger partial charge in [-0.25, -0.2) is 14.2 Å². The van der Waals surface area contributed by atoms with Crippen LogP contribution in [-0.2, 0) is 11.2 Å². The zero-order valence-electron chi connectivity index (χ0n) is 6.87. The van der Waals surface area contributed by atoms with Gasteiger partial charge in [0.1, 0.15) is 5.82 Å². The number of carbonyl (C=O) groups is 2. The molecule has 1 amide bonds. The highest BCUT2D eigenvalue weighted by Crippen LogP contribution is 2.22. The lowest BCUT2D eigenvalue weighted by molar-refractivity contribution is -0.115. The van der Waals surface area contributed by atoms with Gasteiger partial charge in [0.25, 0.3) is 0 Å². The summed E-state index contributed by atoms with van der Waals surface area (Å²) in [6.45, 7) is 0. The summed E-state index contributed by atoms with van der Waals surface area (Å²) in [6.07, 6.45) is 0.0408. The fourth-order valence-corrected chi connectivity index (χ4v) is 1.27. The fourth-order valence-electron chi connectivity index (χ4n) is 1.27. The van der Waals surface area contributed by atoms with Crippen molar-refractivity contribution < 1.29 is 19.1 Å². The van der Waals surface area contributed by atoms with E-state index in [0.717, 1.165) is 6.07 Å². The second-order valence-corrected chi connectivity index (χ2v) is 2.86. The molecule has 0 bridgehead atoms. The van der Waals surface area contributed by atoms with Gasteiger partial charge >= 0.3 is 5.97 Å². The molecule has 0 aliphatic carbocycles. The largest absolute Gasteiger partial charge is 0.476 e. The van der Waals surface area contributed by atoms with Crippen LogP contribution >= 0.6 is 0 Å². The Morgan fingerprint density at radius 2 is 2.36 bits per heavy atom. The number of aromatic nitrogens is 1. The van der Waals surface area contributed by atoms with Gasteiger partial charge in [0, 0.05) is 5.56 Å². The van der Waals surface area contributed by atoms with E-state index in [1.165, 1.54) is 0 Å². The molecule has 0 radical (unpaired) electrons. The standard InChI is InChI=1S/C8H5FN2O3/c9-4-1-3-2-5(12)10-7(3)11-6(4)8(13)14/h1H,2H2,(H,13,14)(H,10,11,12). The second-order valence-electron chi connectivity index (χ2n) is 2.86. The summed E-state index contributed by atoms with van der Waals surface area (Å²) in [7, 11) is 0. The predicted octanol–water partition coefficient (Wildman–Crippen LogP) is 0.413. The van der Waals surface area contributed by atoms with Crippen molar-refractivity contribution in [3.63, 3.8) is 0 Å². The van der Waals surface area contributed by atoms with Crippen LogP contribution in [0.5, 0.6) is 0 Å². The maximum Gasteiger partial charge on any atom is 0.357 e. The van der Waals surface area contributed by atoms with Crippen molar-refractivity contribution in [1.82, 2.24) is 4.98 Å². The lowest BCUT2D eigenvalue weighted by Gasteiger charge is -2.00. The van der Waals surface area contributed by atoms with E-state index in [1.807, 2.05) is 0 Å². The number of nitrogens with zero attached hydrogens (tertiary/aromatic N) is 1. The minimum absolute atomic E-state index is 0.0408. The van der Waals surface area contributed by atoms with Crippen LogP contribution in [-0.4, -0.2) is 22.0 Å². The van der Waals surface area contributed by atoms with Crippen LogP contribution in [0.1, 0.15) is 16.1 Å². The third kappa shape index (κ3) is 1.20. The molecule has 14 heavy (non-hydrogen) atoms. The Morgan fingerprint density at radius 1 is 1.64 bits per heavy atom. The van der Waals surface area contributed by atoms with Crippen LogP contribution in [0.15, 0.2) is 6.07 Å². The van der Waals surface area contributed by atoms with Crippen molar-refractivity contribution in [1.29, 1.82) is 0 Å². The maximum absolute atomic E-state index is 13.0. The molecule has 6 heteroatoms. The van der Waals surface area contributed by atoms with E-state index < -0.39 is 17.5 Å². The summed E-state index contributed by atoms with van der Waals surface area (Å²) in [6, 6.07) is 1.02. The Balaban J connectivity index is 2.55. The zero-order chi connectivity index (χ0) is 10.3. The van der Waals surface area contributed by atoms with Gasteiger partial charge in [0.2, 0.25) is 5.91 Å². The van der Waals surface area contributed by atoms with Crippen molar-refractivity contribution in [2.75, 3.05) is 5.32 Å². The summed E-state index contributed by atoms with van der Waals surface area (Å²) in [5, 5.41) is 10.9. The first kappa shape index (κ1) is 8.61. The first-order valence-corrected chi connectivity index (χ1v) is 3.80. The summed E-state index contributed by atoms with van der Waals surface area (Å²) in [5.41, 5.74) is -0.288. The number of amides is 1. The Morgan fingerprint density at radius 3 is 3.00 bits per heavy atom. The Kier molecular flexibility index (Phi) is 1.70. The van der Waals surface area contributed by atoms with E-state index >= 15 is 0 Å². The Labute approximate surface area is 77.6 Å². The molecular weight excluding hydrogens is 191 g/mol. The molecule has 0 fully saturated rings. The number of hydrogen-bond donors (Lipinski definition) is 2. The molecule has 0 aromatic carbocycles. The van der Waals surface area contributed by atoms with E-state index in [2.05, 4.69) is 10.3 Å². The van der Waals surface area contributed by atoms with Gasteiger partial charge in [-0.2, -0.15) is 0 Å². The van der Waals surface area contributed by atoms with Gasteiger partial charge in [-0.05, 0) is 6.07 Å². The normalized spacial score (nSPS) is 13.6. The van der Waals surface area contributed by atoms with Gasteiger partial charge in [-0.1, -0.05) is 0 Å². The van der Waals surface area contributed by atoms with Gasteiger partial charge in [0.15, 0.2) is 11.5 Å². The van der Waals surface area contributed by atoms with E-state index in [1.54, 1.807) is 0 Å². The van der Waals surface area contributed by atoms with Gasteiger partial charge in [0.05, 0.1) is 6.42 Å². The molecule has 1 aromatic heterocycles. The maximum atomic E-state index is 13.0. The van der Waals surface area contributed by atoms with Crippen LogP contribution in [0.4, 0.5) is 10.2 Å². The monoisotopic (exact) mass is 196 g/mol. The number of carboxylic acids is 1. The number of anilines is 1. The lowest BCUT2D eigenvalue weighted by Crippen LogP contribution is -2.07. The van der Waals surface area contributed by atoms with E-state index in [4.69, 9.17) is 5.11 Å². The highest BCUT2D eigenvalue weighted by atomic mass is 19.1. The van der Waals surface area contributed by atoms with E-state index in [9.17, 15) is 14.0 Å². The molecule has 2 heterocycles. The molecule has 1 aliphatic heterocycles. The molecule has 2 N–H and O–H groups in total. The molecule has 0 unspecified atom stereocenters. The molecule has 72 valence electrons. The number of aromatic carboxylic acids is 1. The first-order chi connectivity index (χ1) is 6.58. The number of fused-ring (bicyclic) bond motifs is 1. The summed E-state index contributed by atoms with van der Waals surface area (Å²) < 4.78 is 13.0. The van der Waals surface area contributed by atoms with Crippen LogP contribution in [0.3, 0.4) is 0 Å². The van der Waals surface area contributed by atoms with Gasteiger partial charge in [-0.3, -0.25) is 4.79 Å². The summed E-state index contributed by atoms with van der Waals surface area (Å²) in [4.78, 5) is 24.9. The number of pyridine rings is 1. The number of carboxylic acid groups (broad SMARTS) is 1. The SMILES string of the molecule is O=C1Cc2cc(F)c(C(=O)O)nc2N1. The number of nitrogens with one attached hydrogen (secondary N) is 1. The average molecular weight is 196 g/mol. The van der Waals surface area contributed by atoms with Crippen molar-refractivity contribution >= 4 is 17.7 Å². The second kappa shape index (κ2) is 2.76. The smallest absolute Gasteiger partial charge is 0.357 e. The molecule has 5 nitrogen and oxygen atoms in total. The molecule has 1 aromatic rings. The lowest BCUT2D eigenvalue weighted by atomic mass is 10.2. The minimum atomic E-state index is -1.45. The topological polar surface area (TPSA) is 79.3 Å². The molecule has 0 atom stereocenters. The number of hydrogen-bond acceptors (Lipinski definition) is 3. The first-order valence-electron chi connectivity index (χ1n) is 3.80. The molecule has 0 saturated heterocycles. The molecule has 0 saturated carbocycles. The Hall–Kier alpha value is -1.98. The van der Waals surface area contributed by atoms with Crippen LogP contribution in [0, 0.1) is 5.82 Å². The van der Waals surface area contributed by atoms with Crippen molar-refractivity contribution in [3.8, 4) is 0 Å². The van der Waals surface area contributed by atoms with E-state index in [0.29, 0.717) is 5.56 Å². The summed E-state index contributed by atoms with van der Waals surface area (Å²) in [5.74, 6) is -2.55. The van der Waals surface area contributed by atoms with Gasteiger partial charge < -0.3 is 10.4 Å². The van der Waals surface area contributed by atoms with Crippen molar-refractivity contribution in [2.45, 2.75) is 6.42 Å². The zero-order valence-corrected chi connectivity index (χ0v) is 6.87. The molecule has 1 aliphatic rings. The number of halogens is 1. The van der Waals surface area contributed by atoms with Crippen LogP contribution in [0.2, 0.25) is 0 Å². The third-order valence-corrected chi connectivity index (χ3v) is 1.87. The van der Waals surface area contributed by atoms with Crippen LogP contribution < -0.4 is 5.32 Å². The highest BCUT2D eigenvalue weighted by Gasteiger charge is 2.23. The minimum Gasteiger partial charge on any atom is -0.476 e. The average Bonchev–Trinajstić information content (AvgIpc) is 2.42. The molecular formula is C8H5FN2O3. The number of carbonyl (C=O) groups excluding carboxylic acids is 1. The molecule has 2 rings (SSSR count). The van der Waals surface area contributed by atoms with Crippen LogP contribution in [0.25, 0.3) is 0 Å². The predicted molar refractivity (Wildman–Crippen MR) is 43.5 cm³/mol. The highest BCUT2D eigenvalue weighted by molar-refractivity contribution is 5.98. The Bertz CT molecular complexity index is 444. The molecule has 0 spiro atoms. The fraction of sp³-hybridized carbons (Fsp3) is 0.125. The quantitative estimate of drug-likeness (QED) is 0.681. The third-order valence-electron chi connectivity index (χ3n) is 1.87. The number of rotatable bonds is 1. The van der Waals surface area contributed by atoms with Crippen molar-refractivity contribution in [3.05, 3.63) is 23.1 Å². The van der Waals surface area contributed by atoms with Crippen molar-refractivity contribution in [2.24, 2.45) is 0 Å². The van der Waals surface area contributed by atoms with Gasteiger partial charge in [-0.15, -0.1) is 0 Å². The van der Waals surface area contributed by atoms with E-state index in [-0.39, 0.29) is 18.1 Å². The summed E-state index contributed by atoms with van der Waals surface area (Å²) >= 11 is 0.